The average Bonchev–Trinajstić information content (AvgIpc) is 2.67. The largest absolute Gasteiger partial charge is 0.496 e. The number of rotatable bonds is 9. The van der Waals surface area contributed by atoms with E-state index >= 15 is 0 Å². The fourth-order valence-electron chi connectivity index (χ4n) is 2.29. The van der Waals surface area contributed by atoms with Crippen molar-refractivity contribution in [2.45, 2.75) is 6.92 Å². The molecule has 0 heterocycles. The van der Waals surface area contributed by atoms with Crippen molar-refractivity contribution in [1.82, 2.24) is 5.32 Å². The Hall–Kier alpha value is -3.06. The van der Waals surface area contributed by atoms with E-state index in [9.17, 15) is 9.59 Å². The van der Waals surface area contributed by atoms with Gasteiger partial charge in [-0.15, -0.1) is 0 Å². The maximum absolute atomic E-state index is 12.0. The van der Waals surface area contributed by atoms with Crippen LogP contribution in [-0.2, 0) is 14.3 Å². The number of benzene rings is 2. The summed E-state index contributed by atoms with van der Waals surface area (Å²) in [6.45, 7) is 5.96. The zero-order chi connectivity index (χ0) is 19.6. The van der Waals surface area contributed by atoms with Crippen LogP contribution in [0.25, 0.3) is 10.8 Å². The minimum absolute atomic E-state index is 0.133. The fraction of sp³-hybridized carbons (Fsp3) is 0.300. The molecule has 0 spiro atoms. The molecule has 0 aliphatic heterocycles. The first-order valence-electron chi connectivity index (χ1n) is 8.44. The van der Waals surface area contributed by atoms with Gasteiger partial charge in [0.1, 0.15) is 18.1 Å². The summed E-state index contributed by atoms with van der Waals surface area (Å²) in [6, 6.07) is 10.9. The minimum Gasteiger partial charge on any atom is -0.496 e. The number of esters is 1. The topological polar surface area (TPSA) is 83.1 Å². The number of methoxy groups -OCH3 is 1. The molecule has 2 aromatic carbocycles. The third kappa shape index (κ3) is 6.00. The van der Waals surface area contributed by atoms with Crippen molar-refractivity contribution < 1.29 is 28.5 Å². The molecule has 1 amide bonds. The Kier molecular flexibility index (Phi) is 7.63. The van der Waals surface area contributed by atoms with E-state index in [1.165, 1.54) is 0 Å². The number of amides is 1. The second kappa shape index (κ2) is 10.2. The number of hydrogen-bond acceptors (Lipinski definition) is 6. The molecule has 0 fully saturated rings. The molecule has 0 bridgehead atoms. The van der Waals surface area contributed by atoms with Crippen LogP contribution in [0.2, 0.25) is 0 Å². The van der Waals surface area contributed by atoms with Crippen molar-refractivity contribution in [3.63, 3.8) is 0 Å². The zero-order valence-corrected chi connectivity index (χ0v) is 15.4. The highest BCUT2D eigenvalue weighted by molar-refractivity contribution is 5.94. The van der Waals surface area contributed by atoms with Crippen LogP contribution in [0.15, 0.2) is 48.6 Å². The lowest BCUT2D eigenvalue weighted by Gasteiger charge is -2.11. The standard InChI is InChI=1S/C20H23NO6/c1-14(2)19(22)26-13-12-25-11-10-21-20(23)27-18-9-8-17(24-3)15-6-4-5-7-16(15)18/h4-9H,1,10-13H2,2-3H3,(H,21,23). The Morgan fingerprint density at radius 1 is 1.00 bits per heavy atom. The molecule has 144 valence electrons. The first kappa shape index (κ1) is 20.3. The maximum Gasteiger partial charge on any atom is 0.412 e. The summed E-state index contributed by atoms with van der Waals surface area (Å²) in [4.78, 5) is 23.1. The third-order valence-electron chi connectivity index (χ3n) is 3.59. The number of nitrogens with one attached hydrogen (secondary N) is 1. The summed E-state index contributed by atoms with van der Waals surface area (Å²) in [5, 5.41) is 4.24. The molecular weight excluding hydrogens is 350 g/mol. The highest BCUT2D eigenvalue weighted by Crippen LogP contribution is 2.32. The lowest BCUT2D eigenvalue weighted by Crippen LogP contribution is -2.30. The lowest BCUT2D eigenvalue weighted by atomic mass is 10.1. The number of hydrogen-bond donors (Lipinski definition) is 1. The van der Waals surface area contributed by atoms with Crippen molar-refractivity contribution in [3.05, 3.63) is 48.6 Å². The predicted octanol–water partition coefficient (Wildman–Crippen LogP) is 3.07. The fourth-order valence-corrected chi connectivity index (χ4v) is 2.29. The normalized spacial score (nSPS) is 10.3. The van der Waals surface area contributed by atoms with Crippen LogP contribution >= 0.6 is 0 Å². The second-order valence-electron chi connectivity index (χ2n) is 5.66. The summed E-state index contributed by atoms with van der Waals surface area (Å²) in [5.41, 5.74) is 0.338. The van der Waals surface area contributed by atoms with Crippen LogP contribution in [0.1, 0.15) is 6.92 Å². The van der Waals surface area contributed by atoms with Crippen LogP contribution in [0, 0.1) is 0 Å². The van der Waals surface area contributed by atoms with Gasteiger partial charge in [-0.25, -0.2) is 9.59 Å². The summed E-state index contributed by atoms with van der Waals surface area (Å²) in [7, 11) is 1.59. The Morgan fingerprint density at radius 3 is 2.33 bits per heavy atom. The highest BCUT2D eigenvalue weighted by Gasteiger charge is 2.10. The van der Waals surface area contributed by atoms with Gasteiger partial charge in [-0.1, -0.05) is 30.8 Å². The Labute approximate surface area is 157 Å². The van der Waals surface area contributed by atoms with E-state index < -0.39 is 12.1 Å². The van der Waals surface area contributed by atoms with Crippen molar-refractivity contribution in [2.24, 2.45) is 0 Å². The third-order valence-corrected chi connectivity index (χ3v) is 3.59. The molecule has 2 aromatic rings. The quantitative estimate of drug-likeness (QED) is 0.413. The maximum atomic E-state index is 12.0. The molecule has 0 radical (unpaired) electrons. The number of carbonyl (C=O) groups is 2. The van der Waals surface area contributed by atoms with Gasteiger partial charge in [-0.3, -0.25) is 0 Å². The smallest absolute Gasteiger partial charge is 0.412 e. The van der Waals surface area contributed by atoms with Crippen molar-refractivity contribution in [3.8, 4) is 11.5 Å². The van der Waals surface area contributed by atoms with Crippen molar-refractivity contribution in [2.75, 3.05) is 33.5 Å². The number of fused-ring (bicyclic) bond motifs is 1. The number of ether oxygens (including phenoxy) is 4. The average molecular weight is 373 g/mol. The van der Waals surface area contributed by atoms with Crippen molar-refractivity contribution >= 4 is 22.8 Å². The molecule has 2 rings (SSSR count). The summed E-state index contributed by atoms with van der Waals surface area (Å²) in [6.07, 6.45) is -0.581. The van der Waals surface area contributed by atoms with Gasteiger partial charge in [-0.05, 0) is 19.1 Å². The molecule has 7 heteroatoms. The van der Waals surface area contributed by atoms with Gasteiger partial charge in [0, 0.05) is 22.9 Å². The van der Waals surface area contributed by atoms with Crippen LogP contribution in [-0.4, -0.2) is 45.5 Å². The van der Waals surface area contributed by atoms with Gasteiger partial charge in [0.05, 0.1) is 20.3 Å². The van der Waals surface area contributed by atoms with E-state index in [0.29, 0.717) is 17.1 Å². The minimum atomic E-state index is -0.581. The van der Waals surface area contributed by atoms with Gasteiger partial charge in [-0.2, -0.15) is 0 Å². The molecule has 7 nitrogen and oxygen atoms in total. The second-order valence-corrected chi connectivity index (χ2v) is 5.66. The number of carbonyl (C=O) groups excluding carboxylic acids is 2. The molecule has 0 aliphatic carbocycles. The lowest BCUT2D eigenvalue weighted by molar-refractivity contribution is -0.140. The van der Waals surface area contributed by atoms with E-state index in [0.717, 1.165) is 10.8 Å². The molecule has 0 aromatic heterocycles. The monoisotopic (exact) mass is 373 g/mol. The van der Waals surface area contributed by atoms with Gasteiger partial charge in [0.15, 0.2) is 0 Å². The summed E-state index contributed by atoms with van der Waals surface area (Å²) in [5.74, 6) is 0.697. The summed E-state index contributed by atoms with van der Waals surface area (Å²) < 4.78 is 20.8. The van der Waals surface area contributed by atoms with E-state index in [1.54, 1.807) is 26.2 Å². The molecule has 27 heavy (non-hydrogen) atoms. The van der Waals surface area contributed by atoms with Crippen LogP contribution in [0.5, 0.6) is 11.5 Å². The molecule has 0 saturated heterocycles. The van der Waals surface area contributed by atoms with Crippen LogP contribution < -0.4 is 14.8 Å². The van der Waals surface area contributed by atoms with Crippen LogP contribution in [0.4, 0.5) is 4.79 Å². The molecular formula is C20H23NO6. The van der Waals surface area contributed by atoms with E-state index in [4.69, 9.17) is 18.9 Å². The van der Waals surface area contributed by atoms with E-state index in [2.05, 4.69) is 11.9 Å². The Bertz CT molecular complexity index is 817. The van der Waals surface area contributed by atoms with E-state index in [-0.39, 0.29) is 26.4 Å². The molecule has 0 unspecified atom stereocenters. The summed E-state index contributed by atoms with van der Waals surface area (Å²) >= 11 is 0. The highest BCUT2D eigenvalue weighted by atomic mass is 16.6. The van der Waals surface area contributed by atoms with Crippen molar-refractivity contribution in [1.29, 1.82) is 0 Å². The zero-order valence-electron chi connectivity index (χ0n) is 15.4. The molecule has 1 N–H and O–H groups in total. The van der Waals surface area contributed by atoms with E-state index in [1.807, 2.05) is 24.3 Å². The van der Waals surface area contributed by atoms with Gasteiger partial charge < -0.3 is 24.3 Å². The van der Waals surface area contributed by atoms with Crippen LogP contribution in [0.3, 0.4) is 0 Å². The Morgan fingerprint density at radius 2 is 1.67 bits per heavy atom. The molecule has 0 atom stereocenters. The SMILES string of the molecule is C=C(C)C(=O)OCCOCCNC(=O)Oc1ccc(OC)c2ccccc12. The first-order valence-corrected chi connectivity index (χ1v) is 8.44. The van der Waals surface area contributed by atoms with Gasteiger partial charge in [0.2, 0.25) is 0 Å². The Balaban J connectivity index is 1.74. The van der Waals surface area contributed by atoms with Gasteiger partial charge >= 0.3 is 12.1 Å². The van der Waals surface area contributed by atoms with Gasteiger partial charge in [0.25, 0.3) is 0 Å². The first-order chi connectivity index (χ1) is 13.0. The predicted molar refractivity (Wildman–Crippen MR) is 101 cm³/mol. The molecule has 0 aliphatic rings. The molecule has 0 saturated carbocycles.